The van der Waals surface area contributed by atoms with Crippen molar-refractivity contribution in [2.24, 2.45) is 5.92 Å². The topological polar surface area (TPSA) is 42.4 Å². The first-order valence-corrected chi connectivity index (χ1v) is 7.03. The fraction of sp³-hybridized carbons (Fsp3) is 0.278. The number of aliphatic hydroxyl groups is 1. The Labute approximate surface area is 125 Å². The Morgan fingerprint density at radius 2 is 1.95 bits per heavy atom. The second kappa shape index (κ2) is 6.55. The molecule has 2 aromatic rings. The molecule has 3 nitrogen and oxygen atoms in total. The highest BCUT2D eigenvalue weighted by Crippen LogP contribution is 2.32. The van der Waals surface area contributed by atoms with Gasteiger partial charge >= 0.3 is 0 Å². The van der Waals surface area contributed by atoms with Gasteiger partial charge in [-0.1, -0.05) is 44.2 Å². The molecule has 1 N–H and O–H groups in total. The van der Waals surface area contributed by atoms with Gasteiger partial charge in [0.2, 0.25) is 0 Å². The van der Waals surface area contributed by atoms with Gasteiger partial charge in [-0.25, -0.2) is 0 Å². The molecule has 1 aromatic carbocycles. The molecule has 1 atom stereocenters. The number of aromatic nitrogens is 1. The van der Waals surface area contributed by atoms with Crippen LogP contribution < -0.4 is 4.74 Å². The van der Waals surface area contributed by atoms with Gasteiger partial charge in [0.1, 0.15) is 11.4 Å². The van der Waals surface area contributed by atoms with E-state index in [1.807, 2.05) is 62.4 Å². The Balaban J connectivity index is 2.39. The summed E-state index contributed by atoms with van der Waals surface area (Å²) in [4.78, 5) is 4.10. The molecule has 110 valence electrons. The van der Waals surface area contributed by atoms with Crippen molar-refractivity contribution >= 4 is 6.08 Å². The van der Waals surface area contributed by atoms with Crippen LogP contribution in [0.25, 0.3) is 6.08 Å². The SMILES string of the molecule is COc1ccccc1C=CC(O)(c1cccnc1)C(C)C. The van der Waals surface area contributed by atoms with Crippen LogP contribution in [0.1, 0.15) is 25.0 Å². The summed E-state index contributed by atoms with van der Waals surface area (Å²) in [5.41, 5.74) is 0.656. The van der Waals surface area contributed by atoms with Crippen molar-refractivity contribution in [3.63, 3.8) is 0 Å². The number of para-hydroxylation sites is 1. The van der Waals surface area contributed by atoms with Crippen molar-refractivity contribution in [3.8, 4) is 5.75 Å². The Bertz CT molecular complexity index is 608. The van der Waals surface area contributed by atoms with E-state index in [-0.39, 0.29) is 5.92 Å². The van der Waals surface area contributed by atoms with Crippen LogP contribution in [0.4, 0.5) is 0 Å². The van der Waals surface area contributed by atoms with E-state index in [4.69, 9.17) is 4.74 Å². The van der Waals surface area contributed by atoms with Crippen molar-refractivity contribution < 1.29 is 9.84 Å². The Kier molecular flexibility index (Phi) is 4.76. The zero-order valence-electron chi connectivity index (χ0n) is 12.7. The molecule has 0 aliphatic heterocycles. The lowest BCUT2D eigenvalue weighted by Crippen LogP contribution is -2.29. The van der Waals surface area contributed by atoms with E-state index in [9.17, 15) is 5.11 Å². The number of ether oxygens (including phenoxy) is 1. The normalized spacial score (nSPS) is 14.3. The number of benzene rings is 1. The molecule has 2 rings (SSSR count). The summed E-state index contributed by atoms with van der Waals surface area (Å²) in [6.45, 7) is 3.97. The van der Waals surface area contributed by atoms with Crippen LogP contribution in [0, 0.1) is 5.92 Å². The molecule has 0 amide bonds. The molecule has 0 aliphatic rings. The monoisotopic (exact) mass is 283 g/mol. The molecule has 3 heteroatoms. The van der Waals surface area contributed by atoms with Crippen molar-refractivity contribution in [3.05, 3.63) is 66.0 Å². The number of hydrogen-bond donors (Lipinski definition) is 1. The maximum atomic E-state index is 11.0. The largest absolute Gasteiger partial charge is 0.496 e. The van der Waals surface area contributed by atoms with E-state index in [0.29, 0.717) is 0 Å². The highest BCUT2D eigenvalue weighted by Gasteiger charge is 2.30. The highest BCUT2D eigenvalue weighted by atomic mass is 16.5. The number of nitrogens with zero attached hydrogens (tertiary/aromatic N) is 1. The van der Waals surface area contributed by atoms with E-state index in [1.54, 1.807) is 19.5 Å². The fourth-order valence-electron chi connectivity index (χ4n) is 2.24. The van der Waals surface area contributed by atoms with E-state index in [2.05, 4.69) is 4.98 Å². The predicted octanol–water partition coefficient (Wildman–Crippen LogP) is 3.65. The Morgan fingerprint density at radius 1 is 1.19 bits per heavy atom. The van der Waals surface area contributed by atoms with E-state index in [0.717, 1.165) is 16.9 Å². The average Bonchev–Trinajstić information content (AvgIpc) is 2.53. The molecular weight excluding hydrogens is 262 g/mol. The second-order valence-electron chi connectivity index (χ2n) is 5.30. The summed E-state index contributed by atoms with van der Waals surface area (Å²) in [5.74, 6) is 0.804. The second-order valence-corrected chi connectivity index (χ2v) is 5.30. The van der Waals surface area contributed by atoms with E-state index in [1.165, 1.54) is 0 Å². The van der Waals surface area contributed by atoms with Crippen LogP contribution in [-0.4, -0.2) is 17.2 Å². The molecule has 1 unspecified atom stereocenters. The molecule has 0 aliphatic carbocycles. The first-order chi connectivity index (χ1) is 10.1. The van der Waals surface area contributed by atoms with Crippen molar-refractivity contribution in [2.75, 3.05) is 7.11 Å². The zero-order chi connectivity index (χ0) is 15.3. The summed E-state index contributed by atoms with van der Waals surface area (Å²) in [6.07, 6.45) is 7.11. The van der Waals surface area contributed by atoms with Gasteiger partial charge in [-0.3, -0.25) is 4.98 Å². The van der Waals surface area contributed by atoms with E-state index >= 15 is 0 Å². The minimum Gasteiger partial charge on any atom is -0.496 e. The summed E-state index contributed by atoms with van der Waals surface area (Å²) in [7, 11) is 1.64. The predicted molar refractivity (Wildman–Crippen MR) is 85.0 cm³/mol. The third kappa shape index (κ3) is 3.31. The lowest BCUT2D eigenvalue weighted by Gasteiger charge is -2.29. The van der Waals surface area contributed by atoms with Gasteiger partial charge in [0, 0.05) is 23.5 Å². The summed E-state index contributed by atoms with van der Waals surface area (Å²) >= 11 is 0. The van der Waals surface area contributed by atoms with Crippen LogP contribution in [-0.2, 0) is 5.60 Å². The van der Waals surface area contributed by atoms with Crippen molar-refractivity contribution in [2.45, 2.75) is 19.4 Å². The fourth-order valence-corrected chi connectivity index (χ4v) is 2.24. The average molecular weight is 283 g/mol. The van der Waals surface area contributed by atoms with Gasteiger partial charge in [-0.2, -0.15) is 0 Å². The van der Waals surface area contributed by atoms with Crippen molar-refractivity contribution in [1.82, 2.24) is 4.98 Å². The first kappa shape index (κ1) is 15.3. The van der Waals surface area contributed by atoms with Crippen LogP contribution in [0.2, 0.25) is 0 Å². The Hall–Kier alpha value is -2.13. The van der Waals surface area contributed by atoms with Gasteiger partial charge in [0.25, 0.3) is 0 Å². The molecule has 0 spiro atoms. The minimum absolute atomic E-state index is 0.0210. The van der Waals surface area contributed by atoms with Gasteiger partial charge in [-0.05, 0) is 24.1 Å². The van der Waals surface area contributed by atoms with Crippen molar-refractivity contribution in [1.29, 1.82) is 0 Å². The van der Waals surface area contributed by atoms with Gasteiger partial charge in [0.05, 0.1) is 7.11 Å². The molecule has 0 radical (unpaired) electrons. The van der Waals surface area contributed by atoms with Crippen LogP contribution in [0.3, 0.4) is 0 Å². The molecule has 21 heavy (non-hydrogen) atoms. The number of rotatable bonds is 5. The van der Waals surface area contributed by atoms with Gasteiger partial charge in [-0.15, -0.1) is 0 Å². The summed E-state index contributed by atoms with van der Waals surface area (Å²) in [6, 6.07) is 11.4. The molecular formula is C18H21NO2. The third-order valence-corrected chi connectivity index (χ3v) is 3.66. The maximum absolute atomic E-state index is 11.0. The van der Waals surface area contributed by atoms with Gasteiger partial charge < -0.3 is 9.84 Å². The lowest BCUT2D eigenvalue weighted by atomic mass is 9.83. The van der Waals surface area contributed by atoms with Crippen LogP contribution in [0.5, 0.6) is 5.75 Å². The number of hydrogen-bond acceptors (Lipinski definition) is 3. The summed E-state index contributed by atoms with van der Waals surface area (Å²) in [5, 5.41) is 11.0. The molecule has 0 fully saturated rings. The molecule has 0 bridgehead atoms. The first-order valence-electron chi connectivity index (χ1n) is 7.03. The smallest absolute Gasteiger partial charge is 0.126 e. The standard InChI is InChI=1S/C18H21NO2/c1-14(2)18(20,16-8-6-12-19-13-16)11-10-15-7-4-5-9-17(15)21-3/h4-14,20H,1-3H3. The lowest BCUT2D eigenvalue weighted by molar-refractivity contribution is 0.0404. The maximum Gasteiger partial charge on any atom is 0.126 e. The van der Waals surface area contributed by atoms with Crippen LogP contribution in [0.15, 0.2) is 54.9 Å². The minimum atomic E-state index is -1.06. The van der Waals surface area contributed by atoms with Gasteiger partial charge in [0.15, 0.2) is 0 Å². The highest BCUT2D eigenvalue weighted by molar-refractivity contribution is 5.58. The third-order valence-electron chi connectivity index (χ3n) is 3.66. The molecule has 1 aromatic heterocycles. The summed E-state index contributed by atoms with van der Waals surface area (Å²) < 4.78 is 5.33. The van der Waals surface area contributed by atoms with E-state index < -0.39 is 5.60 Å². The van der Waals surface area contributed by atoms with Crippen LogP contribution >= 0.6 is 0 Å². The Morgan fingerprint density at radius 3 is 2.57 bits per heavy atom. The number of pyridine rings is 1. The molecule has 0 saturated heterocycles. The quantitative estimate of drug-likeness (QED) is 0.910. The zero-order valence-corrected chi connectivity index (χ0v) is 12.7. The molecule has 1 heterocycles. The molecule has 0 saturated carbocycles. The number of methoxy groups -OCH3 is 1.